The lowest BCUT2D eigenvalue weighted by Crippen LogP contribution is -2.32. The zero-order valence-electron chi connectivity index (χ0n) is 18.6. The first kappa shape index (κ1) is 24.9. The number of nitrogens with one attached hydrogen (secondary N) is 1. The predicted molar refractivity (Wildman–Crippen MR) is 121 cm³/mol. The van der Waals surface area contributed by atoms with Crippen LogP contribution in [0.5, 0.6) is 23.0 Å². The molecule has 172 valence electrons. The first-order valence-corrected chi connectivity index (χ1v) is 10.2. The molecule has 0 aliphatic carbocycles. The summed E-state index contributed by atoms with van der Waals surface area (Å²) in [6, 6.07) is 6.57. The molecule has 1 atom stereocenters. The van der Waals surface area contributed by atoms with E-state index < -0.39 is 17.7 Å². The van der Waals surface area contributed by atoms with Crippen LogP contribution in [0.3, 0.4) is 0 Å². The van der Waals surface area contributed by atoms with E-state index in [0.29, 0.717) is 46.9 Å². The molecule has 1 unspecified atom stereocenters. The van der Waals surface area contributed by atoms with Gasteiger partial charge in [-0.05, 0) is 20.8 Å². The van der Waals surface area contributed by atoms with Crippen LogP contribution < -0.4 is 24.3 Å². The summed E-state index contributed by atoms with van der Waals surface area (Å²) in [6.07, 6.45) is 0. The molecule has 10 heteroatoms. The van der Waals surface area contributed by atoms with Crippen LogP contribution in [0.25, 0.3) is 0 Å². The van der Waals surface area contributed by atoms with Crippen LogP contribution in [0.15, 0.2) is 40.6 Å². The van der Waals surface area contributed by atoms with Gasteiger partial charge in [0, 0.05) is 35.4 Å². The number of rotatable bonds is 11. The molecule has 1 N–H and O–H groups in total. The Kier molecular flexibility index (Phi) is 9.27. The van der Waals surface area contributed by atoms with Gasteiger partial charge in [-0.1, -0.05) is 11.6 Å². The van der Waals surface area contributed by atoms with Crippen molar-refractivity contribution in [2.75, 3.05) is 32.8 Å². The number of amides is 1. The fourth-order valence-electron chi connectivity index (χ4n) is 2.70. The highest BCUT2D eigenvalue weighted by molar-refractivity contribution is 6.31. The average molecular weight is 464 g/mol. The molecular weight excluding hydrogens is 438 g/mol. The summed E-state index contributed by atoms with van der Waals surface area (Å²) in [6.45, 7) is 5.51. The molecule has 32 heavy (non-hydrogen) atoms. The van der Waals surface area contributed by atoms with E-state index in [4.69, 9.17) is 30.5 Å². The number of ketones is 1. The molecule has 0 aliphatic heterocycles. The molecular formula is C22H26ClN3O6. The largest absolute Gasteiger partial charge is 0.497 e. The van der Waals surface area contributed by atoms with Gasteiger partial charge in [0.2, 0.25) is 6.04 Å². The van der Waals surface area contributed by atoms with E-state index in [-0.39, 0.29) is 5.69 Å². The van der Waals surface area contributed by atoms with Crippen molar-refractivity contribution in [3.63, 3.8) is 0 Å². The summed E-state index contributed by atoms with van der Waals surface area (Å²) in [5.41, 5.74) is 0.615. The second kappa shape index (κ2) is 11.9. The van der Waals surface area contributed by atoms with E-state index in [1.54, 1.807) is 44.2 Å². The molecule has 0 saturated carbocycles. The van der Waals surface area contributed by atoms with Gasteiger partial charge in [0.25, 0.3) is 5.91 Å². The van der Waals surface area contributed by atoms with Crippen LogP contribution in [-0.2, 0) is 9.59 Å². The SMILES string of the molecule is CCOc1cc(Cl)cc(OCC)c1NC(=O)C(N=Nc1cc(OC)cc(OC)c1)C(C)=O. The highest BCUT2D eigenvalue weighted by Crippen LogP contribution is 2.38. The Hall–Kier alpha value is -3.33. The van der Waals surface area contributed by atoms with Crippen molar-refractivity contribution in [3.05, 3.63) is 35.4 Å². The topological polar surface area (TPSA) is 108 Å². The first-order valence-electron chi connectivity index (χ1n) is 9.87. The van der Waals surface area contributed by atoms with Crippen molar-refractivity contribution in [1.29, 1.82) is 0 Å². The number of azo groups is 1. The van der Waals surface area contributed by atoms with E-state index >= 15 is 0 Å². The number of nitrogens with zero attached hydrogens (tertiary/aromatic N) is 2. The van der Waals surface area contributed by atoms with E-state index in [1.165, 1.54) is 21.1 Å². The molecule has 0 heterocycles. The van der Waals surface area contributed by atoms with Crippen LogP contribution in [0.1, 0.15) is 20.8 Å². The van der Waals surface area contributed by atoms with Gasteiger partial charge in [-0.15, -0.1) is 0 Å². The molecule has 2 rings (SSSR count). The average Bonchev–Trinajstić information content (AvgIpc) is 2.76. The summed E-state index contributed by atoms with van der Waals surface area (Å²) >= 11 is 6.13. The van der Waals surface area contributed by atoms with Gasteiger partial charge < -0.3 is 24.3 Å². The van der Waals surface area contributed by atoms with Crippen molar-refractivity contribution in [1.82, 2.24) is 0 Å². The number of halogens is 1. The Labute approximate surface area is 191 Å². The van der Waals surface area contributed by atoms with Gasteiger partial charge in [-0.2, -0.15) is 10.2 Å². The fraction of sp³-hybridized carbons (Fsp3) is 0.364. The molecule has 9 nitrogen and oxygen atoms in total. The molecule has 1 amide bonds. The zero-order chi connectivity index (χ0) is 23.7. The molecule has 0 saturated heterocycles. The van der Waals surface area contributed by atoms with Crippen LogP contribution >= 0.6 is 11.6 Å². The lowest BCUT2D eigenvalue weighted by atomic mass is 10.2. The van der Waals surface area contributed by atoms with Crippen molar-refractivity contribution < 1.29 is 28.5 Å². The summed E-state index contributed by atoms with van der Waals surface area (Å²) in [7, 11) is 3.00. The molecule has 0 bridgehead atoms. The third-order valence-corrected chi connectivity index (χ3v) is 4.36. The molecule has 0 spiro atoms. The predicted octanol–water partition coefficient (Wildman–Crippen LogP) is 4.83. The van der Waals surface area contributed by atoms with Crippen LogP contribution in [0, 0.1) is 0 Å². The first-order chi connectivity index (χ1) is 15.3. The van der Waals surface area contributed by atoms with E-state index in [9.17, 15) is 9.59 Å². The van der Waals surface area contributed by atoms with Crippen molar-refractivity contribution in [3.8, 4) is 23.0 Å². The van der Waals surface area contributed by atoms with Crippen LogP contribution in [0.2, 0.25) is 5.02 Å². The number of carbonyl (C=O) groups excluding carboxylic acids is 2. The maximum Gasteiger partial charge on any atom is 0.259 e. The number of Topliss-reactive ketones (excluding diaryl/α,β-unsaturated/α-hetero) is 1. The number of ether oxygens (including phenoxy) is 4. The Balaban J connectivity index is 2.36. The third-order valence-electron chi connectivity index (χ3n) is 4.14. The minimum Gasteiger partial charge on any atom is -0.497 e. The normalized spacial score (nSPS) is 11.7. The summed E-state index contributed by atoms with van der Waals surface area (Å²) in [5, 5.41) is 11.0. The third kappa shape index (κ3) is 6.58. The number of benzene rings is 2. The van der Waals surface area contributed by atoms with Crippen molar-refractivity contribution in [2.24, 2.45) is 10.2 Å². The van der Waals surface area contributed by atoms with Gasteiger partial charge in [0.15, 0.2) is 5.78 Å². The van der Waals surface area contributed by atoms with Crippen LogP contribution in [0.4, 0.5) is 11.4 Å². The fourth-order valence-corrected chi connectivity index (χ4v) is 2.90. The number of carbonyl (C=O) groups is 2. The van der Waals surface area contributed by atoms with Crippen molar-refractivity contribution in [2.45, 2.75) is 26.8 Å². The van der Waals surface area contributed by atoms with E-state index in [2.05, 4.69) is 15.5 Å². The Morgan fingerprint density at radius 2 is 1.50 bits per heavy atom. The monoisotopic (exact) mass is 463 g/mol. The lowest BCUT2D eigenvalue weighted by molar-refractivity contribution is -0.126. The highest BCUT2D eigenvalue weighted by Gasteiger charge is 2.26. The van der Waals surface area contributed by atoms with E-state index in [0.717, 1.165) is 0 Å². The maximum absolute atomic E-state index is 12.9. The molecule has 2 aromatic rings. The molecule has 0 aliphatic rings. The summed E-state index contributed by atoms with van der Waals surface area (Å²) in [5.74, 6) is 0.422. The van der Waals surface area contributed by atoms with Crippen LogP contribution in [-0.4, -0.2) is 45.2 Å². The Morgan fingerprint density at radius 3 is 1.94 bits per heavy atom. The van der Waals surface area contributed by atoms with Crippen molar-refractivity contribution >= 4 is 34.7 Å². The van der Waals surface area contributed by atoms with E-state index in [1.807, 2.05) is 0 Å². The zero-order valence-corrected chi connectivity index (χ0v) is 19.4. The Morgan fingerprint density at radius 1 is 0.969 bits per heavy atom. The number of hydrogen-bond acceptors (Lipinski definition) is 8. The highest BCUT2D eigenvalue weighted by atomic mass is 35.5. The maximum atomic E-state index is 12.9. The minimum atomic E-state index is -1.40. The quantitative estimate of drug-likeness (QED) is 0.377. The van der Waals surface area contributed by atoms with Gasteiger partial charge in [0.05, 0.1) is 33.1 Å². The smallest absolute Gasteiger partial charge is 0.259 e. The molecule has 0 aromatic heterocycles. The van der Waals surface area contributed by atoms with Gasteiger partial charge in [-0.25, -0.2) is 0 Å². The molecule has 0 fully saturated rings. The number of anilines is 1. The Bertz CT molecular complexity index is 946. The standard InChI is InChI=1S/C22H26ClN3O6/c1-6-31-18-8-14(23)9-19(32-7-2)21(18)24-22(28)20(13(3)27)26-25-15-10-16(29-4)12-17(11-15)30-5/h8-12,20H,6-7H2,1-5H3,(H,24,28). The van der Waals surface area contributed by atoms with Gasteiger partial charge in [0.1, 0.15) is 28.7 Å². The molecule has 0 radical (unpaired) electrons. The number of hydrogen-bond donors (Lipinski definition) is 1. The van der Waals surface area contributed by atoms with Gasteiger partial charge in [-0.3, -0.25) is 9.59 Å². The lowest BCUT2D eigenvalue weighted by Gasteiger charge is -2.17. The summed E-state index contributed by atoms with van der Waals surface area (Å²) in [4.78, 5) is 25.1. The minimum absolute atomic E-state index is 0.257. The second-order valence-corrected chi connectivity index (χ2v) is 6.87. The van der Waals surface area contributed by atoms with Gasteiger partial charge >= 0.3 is 0 Å². The second-order valence-electron chi connectivity index (χ2n) is 6.43. The number of methoxy groups -OCH3 is 2. The molecule has 2 aromatic carbocycles. The summed E-state index contributed by atoms with van der Waals surface area (Å²) < 4.78 is 21.5.